The number of unbranched alkanes of at least 4 members (excludes halogenated alkanes) is 1. The van der Waals surface area contributed by atoms with Gasteiger partial charge in [0.15, 0.2) is 0 Å². The maximum Gasteiger partial charge on any atom is 0.287 e. The molecule has 2 saturated heterocycles. The Labute approximate surface area is 234 Å². The van der Waals surface area contributed by atoms with E-state index in [4.69, 9.17) is 4.74 Å². The summed E-state index contributed by atoms with van der Waals surface area (Å²) in [6, 6.07) is 6.74. The number of hydrogen-bond acceptors (Lipinski definition) is 10. The summed E-state index contributed by atoms with van der Waals surface area (Å²) in [5, 5.41) is 12.9. The maximum atomic E-state index is 13.1. The van der Waals surface area contributed by atoms with Gasteiger partial charge in [0.2, 0.25) is 23.6 Å². The SMILES string of the molecule is O=C1CCC(N2C(=O)c3ccc(N4CCN(C(=O)CCCCOc5ccc([N+](=O)[O-])cn5)CC4)cc3C2=O)C(=O)N1. The lowest BCUT2D eigenvalue weighted by atomic mass is 10.0. The minimum atomic E-state index is -1.01. The third-order valence-electron chi connectivity index (χ3n) is 7.39. The fraction of sp³-hybridized carbons (Fsp3) is 0.407. The van der Waals surface area contributed by atoms with Gasteiger partial charge in [-0.2, -0.15) is 0 Å². The zero-order valence-electron chi connectivity index (χ0n) is 22.1. The fourth-order valence-electron chi connectivity index (χ4n) is 5.15. The summed E-state index contributed by atoms with van der Waals surface area (Å²) >= 11 is 0. The molecule has 0 saturated carbocycles. The topological polar surface area (TPSA) is 172 Å². The van der Waals surface area contributed by atoms with Crippen LogP contribution >= 0.6 is 0 Å². The van der Waals surface area contributed by atoms with Gasteiger partial charge in [0.1, 0.15) is 12.2 Å². The van der Waals surface area contributed by atoms with Crippen molar-refractivity contribution in [2.24, 2.45) is 0 Å². The molecule has 3 aliphatic rings. The Hall–Kier alpha value is -4.88. The Balaban J connectivity index is 1.08. The Morgan fingerprint density at radius 2 is 1.78 bits per heavy atom. The van der Waals surface area contributed by atoms with Gasteiger partial charge in [-0.25, -0.2) is 4.98 Å². The molecule has 214 valence electrons. The molecule has 14 nitrogen and oxygen atoms in total. The van der Waals surface area contributed by atoms with Crippen LogP contribution < -0.4 is 15.0 Å². The van der Waals surface area contributed by atoms with Gasteiger partial charge in [-0.05, 0) is 37.5 Å². The van der Waals surface area contributed by atoms with E-state index in [1.165, 1.54) is 12.1 Å². The molecule has 2 fully saturated rings. The Morgan fingerprint density at radius 1 is 1.02 bits per heavy atom. The molecule has 0 spiro atoms. The molecule has 1 aromatic carbocycles. The number of imide groups is 2. The van der Waals surface area contributed by atoms with Crippen molar-refractivity contribution in [2.75, 3.05) is 37.7 Å². The van der Waals surface area contributed by atoms with E-state index in [0.29, 0.717) is 57.9 Å². The van der Waals surface area contributed by atoms with Crippen LogP contribution in [0.5, 0.6) is 5.88 Å². The Bertz CT molecular complexity index is 1400. The van der Waals surface area contributed by atoms with Crippen LogP contribution in [0.2, 0.25) is 0 Å². The molecule has 14 heteroatoms. The van der Waals surface area contributed by atoms with Crippen molar-refractivity contribution in [3.63, 3.8) is 0 Å². The van der Waals surface area contributed by atoms with Crippen molar-refractivity contribution in [1.82, 2.24) is 20.1 Å². The van der Waals surface area contributed by atoms with E-state index >= 15 is 0 Å². The molecule has 1 atom stereocenters. The van der Waals surface area contributed by atoms with Gasteiger partial charge in [0.25, 0.3) is 17.5 Å². The molecule has 1 aromatic heterocycles. The van der Waals surface area contributed by atoms with Crippen LogP contribution in [-0.2, 0) is 14.4 Å². The number of pyridine rings is 1. The molecule has 1 N–H and O–H groups in total. The molecule has 2 aromatic rings. The van der Waals surface area contributed by atoms with Crippen molar-refractivity contribution < 1.29 is 33.6 Å². The quantitative estimate of drug-likeness (QED) is 0.202. The molecule has 41 heavy (non-hydrogen) atoms. The molecular weight excluding hydrogens is 536 g/mol. The van der Waals surface area contributed by atoms with Gasteiger partial charge in [-0.3, -0.25) is 44.3 Å². The third-order valence-corrected chi connectivity index (χ3v) is 7.39. The number of piperazine rings is 1. The minimum Gasteiger partial charge on any atom is -0.478 e. The van der Waals surface area contributed by atoms with Crippen LogP contribution in [0.1, 0.15) is 52.8 Å². The van der Waals surface area contributed by atoms with Crippen LogP contribution in [0.15, 0.2) is 36.5 Å². The largest absolute Gasteiger partial charge is 0.478 e. The number of amides is 5. The van der Waals surface area contributed by atoms with Crippen LogP contribution in [0, 0.1) is 10.1 Å². The second-order valence-electron chi connectivity index (χ2n) is 9.96. The average Bonchev–Trinajstić information content (AvgIpc) is 3.22. The predicted molar refractivity (Wildman–Crippen MR) is 142 cm³/mol. The number of benzene rings is 1. The summed E-state index contributed by atoms with van der Waals surface area (Å²) in [4.78, 5) is 81.3. The first-order valence-electron chi connectivity index (χ1n) is 13.3. The molecule has 5 amide bonds. The number of nitrogens with zero attached hydrogens (tertiary/aromatic N) is 5. The summed E-state index contributed by atoms with van der Waals surface area (Å²) < 4.78 is 5.48. The van der Waals surface area contributed by atoms with E-state index < -0.39 is 34.6 Å². The fourth-order valence-corrected chi connectivity index (χ4v) is 5.15. The summed E-state index contributed by atoms with van der Waals surface area (Å²) in [6.07, 6.45) is 2.91. The van der Waals surface area contributed by atoms with Crippen LogP contribution in [0.25, 0.3) is 0 Å². The number of fused-ring (bicyclic) bond motifs is 1. The normalized spacial score (nSPS) is 18.8. The summed E-state index contributed by atoms with van der Waals surface area (Å²) in [5.41, 5.74) is 1.09. The predicted octanol–water partition coefficient (Wildman–Crippen LogP) is 1.29. The zero-order valence-corrected chi connectivity index (χ0v) is 22.1. The minimum absolute atomic E-state index is 0.0349. The number of carbonyl (C=O) groups excluding carboxylic acids is 5. The van der Waals surface area contributed by atoms with Crippen LogP contribution in [0.4, 0.5) is 11.4 Å². The number of hydrogen-bond donors (Lipinski definition) is 1. The molecule has 5 rings (SSSR count). The monoisotopic (exact) mass is 564 g/mol. The number of rotatable bonds is 9. The number of anilines is 1. The van der Waals surface area contributed by atoms with E-state index in [0.717, 1.165) is 16.8 Å². The first kappa shape index (κ1) is 27.7. The third kappa shape index (κ3) is 5.85. The first-order chi connectivity index (χ1) is 19.7. The van der Waals surface area contributed by atoms with Crippen molar-refractivity contribution in [3.05, 3.63) is 57.8 Å². The number of nitrogens with one attached hydrogen (secondary N) is 1. The van der Waals surface area contributed by atoms with E-state index in [1.54, 1.807) is 23.1 Å². The second-order valence-corrected chi connectivity index (χ2v) is 9.96. The lowest BCUT2D eigenvalue weighted by molar-refractivity contribution is -0.385. The maximum absolute atomic E-state index is 13.1. The highest BCUT2D eigenvalue weighted by molar-refractivity contribution is 6.23. The molecule has 4 heterocycles. The highest BCUT2D eigenvalue weighted by Crippen LogP contribution is 2.31. The number of nitro groups is 1. The number of ether oxygens (including phenoxy) is 1. The highest BCUT2D eigenvalue weighted by atomic mass is 16.6. The lowest BCUT2D eigenvalue weighted by Crippen LogP contribution is -2.54. The molecule has 0 aliphatic carbocycles. The molecule has 3 aliphatic heterocycles. The van der Waals surface area contributed by atoms with E-state index in [-0.39, 0.29) is 35.6 Å². The molecule has 1 unspecified atom stereocenters. The van der Waals surface area contributed by atoms with E-state index in [1.807, 2.05) is 4.90 Å². The van der Waals surface area contributed by atoms with Gasteiger partial charge in [-0.1, -0.05) is 0 Å². The standard InChI is InChI=1S/C27H28N6O8/c34-22-8-7-21(25(36)29-22)32-26(37)19-6-4-17(15-20(19)27(32)38)30-10-12-31(13-11-30)24(35)3-1-2-14-41-23-9-5-18(16-28-23)33(39)40/h4-6,9,15-16,21H,1-3,7-8,10-14H2,(H,29,34,36). The number of piperidine rings is 1. The van der Waals surface area contributed by atoms with E-state index in [2.05, 4.69) is 10.3 Å². The van der Waals surface area contributed by atoms with Gasteiger partial charge >= 0.3 is 0 Å². The van der Waals surface area contributed by atoms with Crippen molar-refractivity contribution in [1.29, 1.82) is 0 Å². The highest BCUT2D eigenvalue weighted by Gasteiger charge is 2.44. The Kier molecular flexibility index (Phi) is 7.90. The van der Waals surface area contributed by atoms with Crippen LogP contribution in [-0.4, -0.2) is 88.1 Å². The van der Waals surface area contributed by atoms with Gasteiger partial charge < -0.3 is 14.5 Å². The van der Waals surface area contributed by atoms with Crippen molar-refractivity contribution in [3.8, 4) is 5.88 Å². The van der Waals surface area contributed by atoms with Gasteiger partial charge in [0.05, 0.1) is 22.7 Å². The van der Waals surface area contributed by atoms with Crippen molar-refractivity contribution >= 4 is 40.9 Å². The average molecular weight is 565 g/mol. The molecular formula is C27H28N6O8. The summed E-state index contributed by atoms with van der Waals surface area (Å²) in [6.45, 7) is 2.46. The Morgan fingerprint density at radius 3 is 2.46 bits per heavy atom. The van der Waals surface area contributed by atoms with E-state index in [9.17, 15) is 34.1 Å². The molecule has 0 bridgehead atoms. The smallest absolute Gasteiger partial charge is 0.287 e. The zero-order chi connectivity index (χ0) is 29.1. The second kappa shape index (κ2) is 11.7. The number of aromatic nitrogens is 1. The van der Waals surface area contributed by atoms with Crippen LogP contribution in [0.3, 0.4) is 0 Å². The number of carbonyl (C=O) groups is 5. The summed E-state index contributed by atoms with van der Waals surface area (Å²) in [5.74, 6) is -1.84. The summed E-state index contributed by atoms with van der Waals surface area (Å²) in [7, 11) is 0. The lowest BCUT2D eigenvalue weighted by Gasteiger charge is -2.36. The molecule has 0 radical (unpaired) electrons. The van der Waals surface area contributed by atoms with Gasteiger partial charge in [-0.15, -0.1) is 0 Å². The first-order valence-corrected chi connectivity index (χ1v) is 13.3. The van der Waals surface area contributed by atoms with Gasteiger partial charge in [0, 0.05) is 56.8 Å². The van der Waals surface area contributed by atoms with Crippen molar-refractivity contribution in [2.45, 2.75) is 38.1 Å².